The second kappa shape index (κ2) is 6.52. The fourth-order valence-corrected chi connectivity index (χ4v) is 2.63. The highest BCUT2D eigenvalue weighted by Gasteiger charge is 1.92. The lowest BCUT2D eigenvalue weighted by Gasteiger charge is -2.00. The molecule has 0 amide bonds. The topological polar surface area (TPSA) is 12.0 Å². The molecule has 68 valence electrons. The number of nitrogens with one attached hydrogen (secondary N) is 1. The van der Waals surface area contributed by atoms with E-state index in [9.17, 15) is 0 Å². The quantitative estimate of drug-likeness (QED) is 0.561. The first kappa shape index (κ1) is 10.1. The number of rotatable bonds is 6. The van der Waals surface area contributed by atoms with E-state index in [1.807, 2.05) is 23.1 Å². The van der Waals surface area contributed by atoms with E-state index in [0.717, 1.165) is 13.1 Å². The van der Waals surface area contributed by atoms with Crippen LogP contribution in [0.3, 0.4) is 0 Å². The molecule has 0 aliphatic heterocycles. The van der Waals surface area contributed by atoms with Crippen molar-refractivity contribution in [3.05, 3.63) is 17.5 Å². The van der Waals surface area contributed by atoms with Gasteiger partial charge < -0.3 is 5.32 Å². The molecule has 0 unspecified atom stereocenters. The van der Waals surface area contributed by atoms with Crippen LogP contribution in [0.4, 0.5) is 0 Å². The number of thiophene rings is 1. The first-order chi connectivity index (χ1) is 5.93. The molecule has 12 heavy (non-hydrogen) atoms. The molecule has 1 heterocycles. The average molecular weight is 201 g/mol. The van der Waals surface area contributed by atoms with Crippen molar-refractivity contribution >= 4 is 23.1 Å². The molecule has 1 nitrogen and oxygen atoms in total. The smallest absolute Gasteiger partial charge is 0.0598 e. The molecule has 0 aromatic carbocycles. The summed E-state index contributed by atoms with van der Waals surface area (Å²) in [5.74, 6) is 1.18. The third-order valence-corrected chi connectivity index (χ3v) is 3.58. The Morgan fingerprint density at radius 2 is 2.42 bits per heavy atom. The third-order valence-electron chi connectivity index (χ3n) is 1.45. The molecule has 0 fully saturated rings. The number of hydrogen-bond acceptors (Lipinski definition) is 3. The Morgan fingerprint density at radius 3 is 3.08 bits per heavy atom. The van der Waals surface area contributed by atoms with Crippen molar-refractivity contribution in [2.45, 2.75) is 17.6 Å². The van der Waals surface area contributed by atoms with E-state index < -0.39 is 0 Å². The normalized spacial score (nSPS) is 10.4. The molecule has 1 aromatic rings. The Kier molecular flexibility index (Phi) is 5.48. The summed E-state index contributed by atoms with van der Waals surface area (Å²) in [6, 6.07) is 4.28. The van der Waals surface area contributed by atoms with E-state index in [-0.39, 0.29) is 0 Å². The van der Waals surface area contributed by atoms with E-state index in [0.29, 0.717) is 0 Å². The monoisotopic (exact) mass is 201 g/mol. The van der Waals surface area contributed by atoms with E-state index in [2.05, 4.69) is 29.8 Å². The molecule has 3 heteroatoms. The molecule has 1 N–H and O–H groups in total. The molecule has 0 radical (unpaired) electrons. The first-order valence-electron chi connectivity index (χ1n) is 4.30. The molecule has 0 bridgehead atoms. The Hall–Kier alpha value is 0.01000. The van der Waals surface area contributed by atoms with Crippen LogP contribution >= 0.6 is 23.1 Å². The SMILES string of the molecule is CCCNCCSc1cccs1. The second-order valence-corrected chi connectivity index (χ2v) is 4.87. The summed E-state index contributed by atoms with van der Waals surface area (Å²) in [4.78, 5) is 0. The summed E-state index contributed by atoms with van der Waals surface area (Å²) in [6.45, 7) is 4.46. The van der Waals surface area contributed by atoms with Gasteiger partial charge in [0.25, 0.3) is 0 Å². The fraction of sp³-hybridized carbons (Fsp3) is 0.556. The van der Waals surface area contributed by atoms with Crippen LogP contribution in [0, 0.1) is 0 Å². The lowest BCUT2D eigenvalue weighted by atomic mass is 10.5. The van der Waals surface area contributed by atoms with Gasteiger partial charge in [0, 0.05) is 12.3 Å². The van der Waals surface area contributed by atoms with Crippen LogP contribution < -0.4 is 5.32 Å². The minimum atomic E-state index is 1.12. The largest absolute Gasteiger partial charge is 0.316 e. The Balaban J connectivity index is 1.96. The maximum Gasteiger partial charge on any atom is 0.0598 e. The van der Waals surface area contributed by atoms with Crippen LogP contribution in [-0.4, -0.2) is 18.8 Å². The van der Waals surface area contributed by atoms with E-state index >= 15 is 0 Å². The molecule has 0 atom stereocenters. The lowest BCUT2D eigenvalue weighted by Crippen LogP contribution is -2.17. The Labute approximate surface area is 82.6 Å². The zero-order chi connectivity index (χ0) is 8.65. The Morgan fingerprint density at radius 1 is 1.50 bits per heavy atom. The van der Waals surface area contributed by atoms with Crippen LogP contribution in [0.15, 0.2) is 21.7 Å². The minimum Gasteiger partial charge on any atom is -0.316 e. The van der Waals surface area contributed by atoms with Gasteiger partial charge >= 0.3 is 0 Å². The molecule has 0 saturated carbocycles. The summed E-state index contributed by atoms with van der Waals surface area (Å²) in [6.07, 6.45) is 1.23. The summed E-state index contributed by atoms with van der Waals surface area (Å²) in [5, 5.41) is 5.51. The van der Waals surface area contributed by atoms with Crippen molar-refractivity contribution in [3.8, 4) is 0 Å². The summed E-state index contributed by atoms with van der Waals surface area (Å²) < 4.78 is 1.42. The number of hydrogen-bond donors (Lipinski definition) is 1. The van der Waals surface area contributed by atoms with Gasteiger partial charge in [-0.1, -0.05) is 13.0 Å². The molecular formula is C9H15NS2. The van der Waals surface area contributed by atoms with Gasteiger partial charge in [-0.2, -0.15) is 0 Å². The van der Waals surface area contributed by atoms with Crippen molar-refractivity contribution in [3.63, 3.8) is 0 Å². The van der Waals surface area contributed by atoms with Crippen LogP contribution in [0.2, 0.25) is 0 Å². The predicted octanol–water partition coefficient (Wildman–Crippen LogP) is 2.84. The van der Waals surface area contributed by atoms with Crippen LogP contribution in [0.5, 0.6) is 0 Å². The minimum absolute atomic E-state index is 1.12. The molecule has 1 aromatic heterocycles. The first-order valence-corrected chi connectivity index (χ1v) is 6.17. The number of thioether (sulfide) groups is 1. The van der Waals surface area contributed by atoms with Gasteiger partial charge in [-0.05, 0) is 24.4 Å². The van der Waals surface area contributed by atoms with Crippen molar-refractivity contribution in [1.82, 2.24) is 5.32 Å². The van der Waals surface area contributed by atoms with E-state index in [4.69, 9.17) is 0 Å². The second-order valence-electron chi connectivity index (χ2n) is 2.53. The highest BCUT2D eigenvalue weighted by molar-refractivity contribution is 8.01. The van der Waals surface area contributed by atoms with Gasteiger partial charge in [-0.25, -0.2) is 0 Å². The fourth-order valence-electron chi connectivity index (χ4n) is 0.871. The molecule has 1 rings (SSSR count). The van der Waals surface area contributed by atoms with E-state index in [1.54, 1.807) is 0 Å². The van der Waals surface area contributed by atoms with Crippen molar-refractivity contribution < 1.29 is 0 Å². The molecule has 0 aliphatic rings. The van der Waals surface area contributed by atoms with Crippen LogP contribution in [0.1, 0.15) is 13.3 Å². The lowest BCUT2D eigenvalue weighted by molar-refractivity contribution is 0.708. The Bertz CT molecular complexity index is 184. The molecule has 0 aliphatic carbocycles. The summed E-state index contributed by atoms with van der Waals surface area (Å²) >= 11 is 3.76. The van der Waals surface area contributed by atoms with Crippen molar-refractivity contribution in [2.24, 2.45) is 0 Å². The zero-order valence-corrected chi connectivity index (χ0v) is 9.01. The van der Waals surface area contributed by atoms with Crippen LogP contribution in [0.25, 0.3) is 0 Å². The average Bonchev–Trinajstić information content (AvgIpc) is 2.57. The predicted molar refractivity (Wildman–Crippen MR) is 58.2 cm³/mol. The van der Waals surface area contributed by atoms with Gasteiger partial charge in [0.05, 0.1) is 4.21 Å². The van der Waals surface area contributed by atoms with Gasteiger partial charge in [0.2, 0.25) is 0 Å². The summed E-state index contributed by atoms with van der Waals surface area (Å²) in [5.41, 5.74) is 0. The maximum absolute atomic E-state index is 3.38. The van der Waals surface area contributed by atoms with Gasteiger partial charge in [0.1, 0.15) is 0 Å². The maximum atomic E-state index is 3.38. The third kappa shape index (κ3) is 4.14. The zero-order valence-electron chi connectivity index (χ0n) is 7.38. The standard InChI is InChI=1S/C9H15NS2/c1-2-5-10-6-8-12-9-4-3-7-11-9/h3-4,7,10H,2,5-6,8H2,1H3. The van der Waals surface area contributed by atoms with Gasteiger partial charge in [-0.3, -0.25) is 0 Å². The van der Waals surface area contributed by atoms with Gasteiger partial charge in [-0.15, -0.1) is 23.1 Å². The molecular weight excluding hydrogens is 186 g/mol. The highest BCUT2D eigenvalue weighted by atomic mass is 32.2. The summed E-state index contributed by atoms with van der Waals surface area (Å²) in [7, 11) is 0. The van der Waals surface area contributed by atoms with Gasteiger partial charge in [0.15, 0.2) is 0 Å². The van der Waals surface area contributed by atoms with E-state index in [1.165, 1.54) is 16.4 Å². The molecule has 0 spiro atoms. The van der Waals surface area contributed by atoms with Crippen molar-refractivity contribution in [2.75, 3.05) is 18.8 Å². The highest BCUT2D eigenvalue weighted by Crippen LogP contribution is 2.22. The van der Waals surface area contributed by atoms with Crippen molar-refractivity contribution in [1.29, 1.82) is 0 Å². The molecule has 0 saturated heterocycles. The van der Waals surface area contributed by atoms with Crippen LogP contribution in [-0.2, 0) is 0 Å².